The van der Waals surface area contributed by atoms with Crippen LogP contribution < -0.4 is 0 Å². The molecular weight excluding hydrogens is 1000 g/mol. The maximum Gasteiger partial charge on any atom is 0.187 e. The first-order valence-corrected chi connectivity index (χ1v) is 24.0. The third kappa shape index (κ3) is 11.2. The van der Waals surface area contributed by atoms with Crippen LogP contribution in [0.1, 0.15) is 27.7 Å². The Hall–Kier alpha value is -1.24. The summed E-state index contributed by atoms with van der Waals surface area (Å²) in [5.41, 5.74) is 0. The van der Waals surface area contributed by atoms with Gasteiger partial charge in [-0.25, -0.2) is 0 Å². The highest BCUT2D eigenvalue weighted by molar-refractivity contribution is 5.00. The van der Waals surface area contributed by atoms with E-state index < -0.39 is 235 Å². The maximum atomic E-state index is 11.3. The Morgan fingerprint density at radius 2 is 0.356 bits per heavy atom. The standard InChI is InChI=1S/C42H70O31/c1-8-29-17(48)24(55)38(62-8)71-33-12(5-43)64-40(26(57)19(33)50)69-31-10(3)60-36(22(53)15(31)46)68-30-9(2)63-39(25(56)18(30)49)72-34-13(6-44)66-42(28(59)21(34)52)73-35-14(7-45)65-41(27(58)20(35)51)70-32-11(4)61-37(67-29)23(54)16(32)47/h8-59H,5-7H2,1-4H3/t8-,9-,10-,11-,12-,13-,14-,15-,16-,17-,18-,19-,20-,21-,22-,23-,24-,25-,26-,27-,28-,29-,30-,31-,32-,33-,34-,35-,36-,37-,38-,39-,40-,41-,42-/m1/s1. The van der Waals surface area contributed by atoms with E-state index in [1.54, 1.807) is 0 Å². The summed E-state index contributed by atoms with van der Waals surface area (Å²) >= 11 is 0. The topological polar surface area (TPSA) is 473 Å². The summed E-state index contributed by atoms with van der Waals surface area (Å²) < 4.78 is 80.9. The lowest BCUT2D eigenvalue weighted by Gasteiger charge is -2.49. The van der Waals surface area contributed by atoms with E-state index in [0.29, 0.717) is 0 Å². The lowest BCUT2D eigenvalue weighted by molar-refractivity contribution is -0.393. The fourth-order valence-corrected chi connectivity index (χ4v) is 10.3. The lowest BCUT2D eigenvalue weighted by Crippen LogP contribution is -2.67. The second-order valence-electron chi connectivity index (χ2n) is 19.6. The Morgan fingerprint density at radius 3 is 0.534 bits per heavy atom. The normalized spacial score (nSPS) is 57.7. The number of hydrogen-bond acceptors (Lipinski definition) is 31. The van der Waals surface area contributed by atoms with Crippen LogP contribution in [-0.4, -0.2) is 322 Å². The molecule has 21 rings (SSSR count). The zero-order valence-corrected chi connectivity index (χ0v) is 39.6. The predicted molar refractivity (Wildman–Crippen MR) is 223 cm³/mol. The predicted octanol–water partition coefficient (Wildman–Crippen LogP) is -11.1. The highest BCUT2D eigenvalue weighted by Crippen LogP contribution is 2.38. The van der Waals surface area contributed by atoms with E-state index in [4.69, 9.17) is 66.3 Å². The van der Waals surface area contributed by atoms with E-state index in [-0.39, 0.29) is 0 Å². The van der Waals surface area contributed by atoms with Crippen LogP contribution in [0.15, 0.2) is 0 Å². The molecule has 21 fully saturated rings. The van der Waals surface area contributed by atoms with Gasteiger partial charge in [-0.1, -0.05) is 0 Å². The maximum absolute atomic E-state index is 11.3. The van der Waals surface area contributed by atoms with Crippen molar-refractivity contribution in [3.8, 4) is 0 Å². The van der Waals surface area contributed by atoms with Crippen LogP contribution in [0, 0.1) is 0 Å². The molecule has 31 heteroatoms. The largest absolute Gasteiger partial charge is 0.394 e. The summed E-state index contributed by atoms with van der Waals surface area (Å²) in [6.07, 6.45) is -61.9. The first-order valence-electron chi connectivity index (χ1n) is 24.0. The van der Waals surface area contributed by atoms with Crippen LogP contribution in [0.5, 0.6) is 0 Å². The molecule has 35 atom stereocenters. The second kappa shape index (κ2) is 23.6. The number of aliphatic hydroxyl groups is 17. The highest BCUT2D eigenvalue weighted by Gasteiger charge is 2.58. The zero-order chi connectivity index (χ0) is 53.2. The Morgan fingerprint density at radius 1 is 0.205 bits per heavy atom. The summed E-state index contributed by atoms with van der Waals surface area (Å²) in [4.78, 5) is 0. The van der Waals surface area contributed by atoms with Crippen molar-refractivity contribution in [3.05, 3.63) is 0 Å². The number of ether oxygens (including phenoxy) is 14. The van der Waals surface area contributed by atoms with Gasteiger partial charge in [-0.3, -0.25) is 0 Å². The Balaban J connectivity index is 1.05. The van der Waals surface area contributed by atoms with Crippen LogP contribution in [0.3, 0.4) is 0 Å². The highest BCUT2D eigenvalue weighted by atomic mass is 16.8. The quantitative estimate of drug-likeness (QED) is 0.125. The monoisotopic (exact) mass is 1070 g/mol. The lowest BCUT2D eigenvalue weighted by atomic mass is 9.95. The fourth-order valence-electron chi connectivity index (χ4n) is 10.3. The van der Waals surface area contributed by atoms with E-state index in [1.807, 2.05) is 0 Å². The van der Waals surface area contributed by atoms with Gasteiger partial charge in [0.1, 0.15) is 146 Å². The van der Waals surface area contributed by atoms with Crippen LogP contribution >= 0.6 is 0 Å². The molecule has 0 spiro atoms. The minimum Gasteiger partial charge on any atom is -0.394 e. The summed E-state index contributed by atoms with van der Waals surface area (Å²) in [7, 11) is 0. The molecule has 21 heterocycles. The number of aliphatic hydroxyl groups excluding tert-OH is 17. The summed E-state index contributed by atoms with van der Waals surface area (Å²) in [5, 5.41) is 189. The molecule has 0 radical (unpaired) electrons. The van der Waals surface area contributed by atoms with Crippen molar-refractivity contribution in [2.45, 2.75) is 243 Å². The summed E-state index contributed by atoms with van der Waals surface area (Å²) in [6.45, 7) is 2.61. The third-order valence-corrected chi connectivity index (χ3v) is 14.6. The average Bonchev–Trinajstić information content (AvgIpc) is 3.36. The molecule has 0 aromatic rings. The van der Waals surface area contributed by atoms with Crippen molar-refractivity contribution in [2.75, 3.05) is 19.8 Å². The van der Waals surface area contributed by atoms with Gasteiger partial charge in [-0.2, -0.15) is 0 Å². The van der Waals surface area contributed by atoms with Crippen molar-refractivity contribution < 1.29 is 153 Å². The van der Waals surface area contributed by atoms with Crippen LogP contribution in [0.25, 0.3) is 0 Å². The Bertz CT molecular complexity index is 1750. The van der Waals surface area contributed by atoms with Gasteiger partial charge in [0.15, 0.2) is 44.0 Å². The molecule has 424 valence electrons. The summed E-state index contributed by atoms with van der Waals surface area (Å²) in [6, 6.07) is 0. The first kappa shape index (κ1) is 57.9. The van der Waals surface area contributed by atoms with E-state index >= 15 is 0 Å². The molecule has 0 unspecified atom stereocenters. The molecule has 14 bridgehead atoms. The van der Waals surface area contributed by atoms with E-state index in [1.165, 1.54) is 27.7 Å². The van der Waals surface area contributed by atoms with E-state index in [2.05, 4.69) is 0 Å². The molecule has 0 aromatic carbocycles. The molecule has 21 saturated heterocycles. The minimum atomic E-state index is -2.09. The molecule has 0 amide bonds. The van der Waals surface area contributed by atoms with E-state index in [0.717, 1.165) is 0 Å². The van der Waals surface area contributed by atoms with Crippen molar-refractivity contribution in [3.63, 3.8) is 0 Å². The average molecular weight is 1070 g/mol. The summed E-state index contributed by atoms with van der Waals surface area (Å²) in [5.74, 6) is 0. The van der Waals surface area contributed by atoms with Crippen molar-refractivity contribution in [1.29, 1.82) is 0 Å². The Kier molecular flexibility index (Phi) is 18.7. The second-order valence-corrected chi connectivity index (χ2v) is 19.6. The van der Waals surface area contributed by atoms with Crippen molar-refractivity contribution in [1.82, 2.24) is 0 Å². The van der Waals surface area contributed by atoms with Gasteiger partial charge in [0.25, 0.3) is 0 Å². The van der Waals surface area contributed by atoms with Gasteiger partial charge in [-0.05, 0) is 27.7 Å². The number of hydrogen-bond donors (Lipinski definition) is 17. The van der Waals surface area contributed by atoms with Gasteiger partial charge in [-0.15, -0.1) is 0 Å². The fraction of sp³-hybridized carbons (Fsp3) is 1.00. The molecule has 0 aromatic heterocycles. The van der Waals surface area contributed by atoms with Gasteiger partial charge in [0, 0.05) is 0 Å². The first-order chi connectivity index (χ1) is 34.5. The minimum absolute atomic E-state index is 0.911. The van der Waals surface area contributed by atoms with Gasteiger partial charge in [0.05, 0.1) is 44.2 Å². The SMILES string of the molecule is C[C@H]1O[C@@H]2O[C@H]3[C@H](O)[C@@H](O)[C@@H](O[C@H]4[C@H](O)[C@@H](O)[C@@H](O[C@H]5[C@H](O)[C@@H](O)[C@@H](O[C@H]6[C@H](O)[C@@H](O)[C@@H](O[C@H]7[C@H](O)[C@@H](O)[C@@H](O[C@H]8[C@H](O)[C@@H](O)[C@@H](O[C@H]1[C@H](O)[C@H]2O)O[C@@H]8C)O[C@@H]7CO)O[C@@H]6CO)O[C@@H]5C)O[C@@H]4C)O[C@@H]3CO. The van der Waals surface area contributed by atoms with Crippen molar-refractivity contribution >= 4 is 0 Å². The van der Waals surface area contributed by atoms with Crippen LogP contribution in [0.4, 0.5) is 0 Å². The van der Waals surface area contributed by atoms with Gasteiger partial charge in [0.2, 0.25) is 0 Å². The van der Waals surface area contributed by atoms with Crippen LogP contribution in [0.2, 0.25) is 0 Å². The van der Waals surface area contributed by atoms with Crippen molar-refractivity contribution in [2.24, 2.45) is 0 Å². The molecular formula is C42H70O31. The molecule has 73 heavy (non-hydrogen) atoms. The number of rotatable bonds is 3. The third-order valence-electron chi connectivity index (χ3n) is 14.6. The molecule has 17 N–H and O–H groups in total. The smallest absolute Gasteiger partial charge is 0.187 e. The Labute approximate surface area is 415 Å². The molecule has 21 aliphatic heterocycles. The molecule has 0 aliphatic carbocycles. The van der Waals surface area contributed by atoms with Crippen LogP contribution in [-0.2, 0) is 66.3 Å². The van der Waals surface area contributed by atoms with E-state index in [9.17, 15) is 86.8 Å². The zero-order valence-electron chi connectivity index (χ0n) is 39.6. The molecule has 31 nitrogen and oxygen atoms in total. The van der Waals surface area contributed by atoms with Gasteiger partial charge >= 0.3 is 0 Å². The van der Waals surface area contributed by atoms with Gasteiger partial charge < -0.3 is 153 Å². The molecule has 21 aliphatic rings. The molecule has 0 saturated carbocycles.